The first-order valence-corrected chi connectivity index (χ1v) is 13.7. The number of aliphatic carboxylic acids is 2. The van der Waals surface area contributed by atoms with Crippen molar-refractivity contribution in [1.29, 1.82) is 0 Å². The number of ether oxygens (including phenoxy) is 2. The van der Waals surface area contributed by atoms with E-state index in [1.807, 2.05) is 6.92 Å². The number of carboxylic acids is 2. The molecule has 2 atom stereocenters. The third kappa shape index (κ3) is 11.3. The molecule has 0 aliphatic rings. The molecule has 2 aromatic carbocycles. The van der Waals surface area contributed by atoms with E-state index < -0.39 is 45.7 Å². The van der Waals surface area contributed by atoms with Crippen molar-refractivity contribution in [2.24, 2.45) is 5.92 Å². The van der Waals surface area contributed by atoms with E-state index >= 15 is 0 Å². The zero-order valence-corrected chi connectivity index (χ0v) is 23.2. The lowest BCUT2D eigenvalue weighted by molar-refractivity contribution is -0.143. The lowest BCUT2D eigenvalue weighted by Gasteiger charge is -2.22. The molecule has 0 aliphatic carbocycles. The van der Waals surface area contributed by atoms with Crippen LogP contribution >= 0.6 is 0 Å². The fourth-order valence-electron chi connectivity index (χ4n) is 3.47. The number of aryl methyl sites for hydroxylation is 1. The Morgan fingerprint density at radius 1 is 0.897 bits per heavy atom. The second kappa shape index (κ2) is 13.9. The van der Waals surface area contributed by atoms with Gasteiger partial charge in [-0.15, -0.1) is 0 Å². The second-order valence-electron chi connectivity index (χ2n) is 9.94. The van der Waals surface area contributed by atoms with Gasteiger partial charge in [-0.1, -0.05) is 29.8 Å². The first-order chi connectivity index (χ1) is 18.2. The normalized spacial score (nSPS) is 13.2. The Morgan fingerprint density at radius 3 is 2.05 bits per heavy atom. The standard InChI is InChI=1S/C27H35NO10S/c1-18-5-12-22(13-6-18)39(34,35)37-16-15-36-21-10-7-19(8-11-21)17-20(24(29)30)9-14-23(25(31)32)28-26(33)38-27(2,3)4/h5-8,10-13,20,23H,9,14-17H2,1-4H3,(H,28,33)(H,29,30)(H,31,32)/t20?,23-/m0/s1. The number of benzene rings is 2. The zero-order chi connectivity index (χ0) is 29.2. The summed E-state index contributed by atoms with van der Waals surface area (Å²) in [6, 6.07) is 11.6. The Morgan fingerprint density at radius 2 is 1.51 bits per heavy atom. The maximum atomic E-state index is 12.2. The summed E-state index contributed by atoms with van der Waals surface area (Å²) in [5, 5.41) is 21.3. The molecule has 0 fully saturated rings. The number of alkyl carbamates (subject to hydrolysis) is 1. The molecule has 12 heteroatoms. The molecule has 0 aromatic heterocycles. The van der Waals surface area contributed by atoms with Crippen LogP contribution in [0.4, 0.5) is 4.79 Å². The molecule has 0 spiro atoms. The van der Waals surface area contributed by atoms with Crippen molar-refractivity contribution in [2.75, 3.05) is 13.2 Å². The van der Waals surface area contributed by atoms with Gasteiger partial charge in [-0.05, 0) is 76.8 Å². The lowest BCUT2D eigenvalue weighted by atomic mass is 9.93. The Labute approximate surface area is 228 Å². The van der Waals surface area contributed by atoms with Crippen LogP contribution < -0.4 is 10.1 Å². The topological polar surface area (TPSA) is 166 Å². The van der Waals surface area contributed by atoms with Crippen molar-refractivity contribution in [3.05, 3.63) is 59.7 Å². The highest BCUT2D eigenvalue weighted by molar-refractivity contribution is 7.86. The summed E-state index contributed by atoms with van der Waals surface area (Å²) in [7, 11) is -3.89. The highest BCUT2D eigenvalue weighted by atomic mass is 32.2. The smallest absolute Gasteiger partial charge is 0.408 e. The van der Waals surface area contributed by atoms with Crippen LogP contribution in [0.1, 0.15) is 44.7 Å². The molecular formula is C27H35NO10S. The van der Waals surface area contributed by atoms with Crippen molar-refractivity contribution in [3.8, 4) is 5.75 Å². The summed E-state index contributed by atoms with van der Waals surface area (Å²) in [6.45, 7) is 6.56. The molecule has 0 radical (unpaired) electrons. The van der Waals surface area contributed by atoms with Crippen molar-refractivity contribution < 1.29 is 46.7 Å². The summed E-state index contributed by atoms with van der Waals surface area (Å²) in [4.78, 5) is 35.3. The van der Waals surface area contributed by atoms with Crippen LogP contribution in [0, 0.1) is 12.8 Å². The molecule has 1 amide bonds. The number of carbonyl (C=O) groups is 3. The van der Waals surface area contributed by atoms with E-state index in [4.69, 9.17) is 13.7 Å². The van der Waals surface area contributed by atoms with Gasteiger partial charge in [0.1, 0.15) is 30.6 Å². The SMILES string of the molecule is Cc1ccc(S(=O)(=O)OCCOc2ccc(CC(CC[C@H](NC(=O)OC(C)(C)C)C(=O)O)C(=O)O)cc2)cc1. The zero-order valence-electron chi connectivity index (χ0n) is 22.4. The first-order valence-electron chi connectivity index (χ1n) is 12.3. The Balaban J connectivity index is 1.86. The van der Waals surface area contributed by atoms with Crippen LogP contribution in [0.5, 0.6) is 5.75 Å². The molecule has 214 valence electrons. The third-order valence-electron chi connectivity index (χ3n) is 5.45. The fourth-order valence-corrected chi connectivity index (χ4v) is 4.36. The van der Waals surface area contributed by atoms with Gasteiger partial charge < -0.3 is 25.0 Å². The summed E-state index contributed by atoms with van der Waals surface area (Å²) in [6.07, 6.45) is -0.854. The van der Waals surface area contributed by atoms with Gasteiger partial charge in [0.15, 0.2) is 0 Å². The Hall–Kier alpha value is -3.64. The predicted octanol–water partition coefficient (Wildman–Crippen LogP) is 3.78. The van der Waals surface area contributed by atoms with Crippen LogP contribution in [0.15, 0.2) is 53.4 Å². The molecule has 0 saturated heterocycles. The van der Waals surface area contributed by atoms with E-state index in [2.05, 4.69) is 5.32 Å². The highest BCUT2D eigenvalue weighted by Gasteiger charge is 2.27. The maximum absolute atomic E-state index is 12.2. The monoisotopic (exact) mass is 565 g/mol. The van der Waals surface area contributed by atoms with Crippen molar-refractivity contribution in [2.45, 2.75) is 63.5 Å². The minimum Gasteiger partial charge on any atom is -0.491 e. The Kier molecular flexibility index (Phi) is 11.3. The number of hydrogen-bond acceptors (Lipinski definition) is 8. The van der Waals surface area contributed by atoms with Crippen LogP contribution in [-0.2, 0) is 35.0 Å². The van der Waals surface area contributed by atoms with E-state index in [9.17, 15) is 33.0 Å². The van der Waals surface area contributed by atoms with Crippen LogP contribution in [0.25, 0.3) is 0 Å². The molecule has 0 bridgehead atoms. The average molecular weight is 566 g/mol. The molecule has 11 nitrogen and oxygen atoms in total. The van der Waals surface area contributed by atoms with Gasteiger partial charge in [-0.25, -0.2) is 9.59 Å². The Bertz CT molecular complexity index is 1220. The van der Waals surface area contributed by atoms with Gasteiger partial charge in [-0.3, -0.25) is 8.98 Å². The van der Waals surface area contributed by atoms with Crippen LogP contribution in [0.3, 0.4) is 0 Å². The second-order valence-corrected chi connectivity index (χ2v) is 11.6. The molecule has 0 heterocycles. The quantitative estimate of drug-likeness (QED) is 0.227. The average Bonchev–Trinajstić information content (AvgIpc) is 2.83. The minimum absolute atomic E-state index is 0.00709. The van der Waals surface area contributed by atoms with Gasteiger partial charge >= 0.3 is 18.0 Å². The van der Waals surface area contributed by atoms with Crippen LogP contribution in [0.2, 0.25) is 0 Å². The summed E-state index contributed by atoms with van der Waals surface area (Å²) in [5.41, 5.74) is 0.800. The van der Waals surface area contributed by atoms with Crippen molar-refractivity contribution >= 4 is 28.1 Å². The van der Waals surface area contributed by atoms with E-state index in [1.54, 1.807) is 57.2 Å². The molecule has 0 saturated carbocycles. The molecule has 3 N–H and O–H groups in total. The van der Waals surface area contributed by atoms with E-state index in [1.165, 1.54) is 12.1 Å². The van der Waals surface area contributed by atoms with E-state index in [0.717, 1.165) is 5.56 Å². The molecular weight excluding hydrogens is 530 g/mol. The number of hydrogen-bond donors (Lipinski definition) is 3. The summed E-state index contributed by atoms with van der Waals surface area (Å²) < 4.78 is 40.0. The third-order valence-corrected chi connectivity index (χ3v) is 6.77. The van der Waals surface area contributed by atoms with Gasteiger partial charge in [0.05, 0.1) is 10.8 Å². The number of amides is 1. The predicted molar refractivity (Wildman–Crippen MR) is 141 cm³/mol. The van der Waals surface area contributed by atoms with Gasteiger partial charge in [0.2, 0.25) is 0 Å². The molecule has 0 aliphatic heterocycles. The summed E-state index contributed by atoms with van der Waals surface area (Å²) >= 11 is 0. The molecule has 1 unspecified atom stereocenters. The minimum atomic E-state index is -3.89. The van der Waals surface area contributed by atoms with E-state index in [0.29, 0.717) is 11.3 Å². The molecule has 2 rings (SSSR count). The van der Waals surface area contributed by atoms with Crippen LogP contribution in [-0.4, -0.2) is 61.5 Å². The van der Waals surface area contributed by atoms with Gasteiger partial charge in [0.25, 0.3) is 10.1 Å². The number of carbonyl (C=O) groups excluding carboxylic acids is 1. The van der Waals surface area contributed by atoms with Crippen molar-refractivity contribution in [3.63, 3.8) is 0 Å². The fraction of sp³-hybridized carbons (Fsp3) is 0.444. The van der Waals surface area contributed by atoms with Gasteiger partial charge in [0, 0.05) is 0 Å². The number of carboxylic acid groups (broad SMARTS) is 2. The van der Waals surface area contributed by atoms with Gasteiger partial charge in [-0.2, -0.15) is 8.42 Å². The largest absolute Gasteiger partial charge is 0.491 e. The number of nitrogens with one attached hydrogen (secondary N) is 1. The van der Waals surface area contributed by atoms with Crippen molar-refractivity contribution in [1.82, 2.24) is 5.32 Å². The highest BCUT2D eigenvalue weighted by Crippen LogP contribution is 2.20. The number of rotatable bonds is 14. The summed E-state index contributed by atoms with van der Waals surface area (Å²) in [5.74, 6) is -2.83. The van der Waals surface area contributed by atoms with E-state index in [-0.39, 0.29) is 37.4 Å². The lowest BCUT2D eigenvalue weighted by Crippen LogP contribution is -2.43. The molecule has 2 aromatic rings. The molecule has 39 heavy (non-hydrogen) atoms. The first kappa shape index (κ1) is 31.6. The maximum Gasteiger partial charge on any atom is 0.408 e.